The van der Waals surface area contributed by atoms with E-state index in [2.05, 4.69) is 17.4 Å². The number of unbranched alkanes of at least 4 members (excludes halogenated alkanes) is 3. The van der Waals surface area contributed by atoms with E-state index in [4.69, 9.17) is 9.84 Å². The van der Waals surface area contributed by atoms with E-state index in [-0.39, 0.29) is 12.4 Å². The molecule has 148 valence electrons. The van der Waals surface area contributed by atoms with Crippen molar-refractivity contribution in [2.24, 2.45) is 0 Å². The summed E-state index contributed by atoms with van der Waals surface area (Å²) >= 11 is 0. The SMILES string of the molecule is OCc1cc(C(O)CNCCCCCCOCc2ccccc2)ccc1O. The van der Waals surface area contributed by atoms with Crippen LogP contribution >= 0.6 is 0 Å². The van der Waals surface area contributed by atoms with Gasteiger partial charge in [0, 0.05) is 18.7 Å². The van der Waals surface area contributed by atoms with Gasteiger partial charge in [-0.25, -0.2) is 0 Å². The summed E-state index contributed by atoms with van der Waals surface area (Å²) < 4.78 is 5.67. The number of aromatic hydroxyl groups is 1. The van der Waals surface area contributed by atoms with Crippen molar-refractivity contribution in [2.45, 2.75) is 45.0 Å². The summed E-state index contributed by atoms with van der Waals surface area (Å²) in [6, 6.07) is 15.0. The van der Waals surface area contributed by atoms with Gasteiger partial charge in [0.15, 0.2) is 0 Å². The molecule has 0 heterocycles. The molecule has 1 unspecified atom stereocenters. The van der Waals surface area contributed by atoms with Crippen molar-refractivity contribution in [1.82, 2.24) is 5.32 Å². The molecule has 0 bridgehead atoms. The largest absolute Gasteiger partial charge is 0.508 e. The lowest BCUT2D eigenvalue weighted by atomic mass is 10.1. The van der Waals surface area contributed by atoms with Gasteiger partial charge < -0.3 is 25.4 Å². The highest BCUT2D eigenvalue weighted by Gasteiger charge is 2.09. The summed E-state index contributed by atoms with van der Waals surface area (Å²) in [5.74, 6) is 0.0501. The van der Waals surface area contributed by atoms with Crippen LogP contribution in [0.15, 0.2) is 48.5 Å². The summed E-state index contributed by atoms with van der Waals surface area (Å²) in [6.07, 6.45) is 3.74. The summed E-state index contributed by atoms with van der Waals surface area (Å²) in [7, 11) is 0. The molecule has 0 fully saturated rings. The molecular formula is C22H31NO4. The van der Waals surface area contributed by atoms with Crippen LogP contribution in [0.5, 0.6) is 5.75 Å². The normalized spacial score (nSPS) is 12.2. The first-order valence-corrected chi connectivity index (χ1v) is 9.64. The lowest BCUT2D eigenvalue weighted by molar-refractivity contribution is 0.116. The molecular weight excluding hydrogens is 342 g/mol. The van der Waals surface area contributed by atoms with Crippen molar-refractivity contribution in [3.8, 4) is 5.75 Å². The van der Waals surface area contributed by atoms with E-state index in [1.165, 1.54) is 11.6 Å². The van der Waals surface area contributed by atoms with Crippen LogP contribution in [0, 0.1) is 0 Å². The maximum Gasteiger partial charge on any atom is 0.121 e. The molecule has 27 heavy (non-hydrogen) atoms. The predicted octanol–water partition coefficient (Wildman–Crippen LogP) is 3.28. The first-order chi connectivity index (χ1) is 13.2. The van der Waals surface area contributed by atoms with Crippen molar-refractivity contribution in [3.05, 3.63) is 65.2 Å². The number of hydrogen-bond donors (Lipinski definition) is 4. The molecule has 0 saturated heterocycles. The summed E-state index contributed by atoms with van der Waals surface area (Å²) in [5, 5.41) is 32.2. The van der Waals surface area contributed by atoms with Gasteiger partial charge in [0.2, 0.25) is 0 Å². The van der Waals surface area contributed by atoms with E-state index in [0.717, 1.165) is 38.8 Å². The maximum atomic E-state index is 10.2. The van der Waals surface area contributed by atoms with Crippen molar-refractivity contribution < 1.29 is 20.1 Å². The third-order valence-corrected chi connectivity index (χ3v) is 4.50. The third-order valence-electron chi connectivity index (χ3n) is 4.50. The zero-order chi connectivity index (χ0) is 19.3. The van der Waals surface area contributed by atoms with Crippen molar-refractivity contribution in [2.75, 3.05) is 19.7 Å². The van der Waals surface area contributed by atoms with Gasteiger partial charge in [-0.3, -0.25) is 0 Å². The van der Waals surface area contributed by atoms with Crippen LogP contribution in [0.4, 0.5) is 0 Å². The number of hydrogen-bond acceptors (Lipinski definition) is 5. The Morgan fingerprint density at radius 2 is 1.74 bits per heavy atom. The van der Waals surface area contributed by atoms with Gasteiger partial charge in [-0.05, 0) is 42.6 Å². The highest BCUT2D eigenvalue weighted by Crippen LogP contribution is 2.22. The lowest BCUT2D eigenvalue weighted by Gasteiger charge is -2.14. The second-order valence-electron chi connectivity index (χ2n) is 6.72. The number of ether oxygens (including phenoxy) is 1. The van der Waals surface area contributed by atoms with E-state index < -0.39 is 6.10 Å². The fourth-order valence-electron chi connectivity index (χ4n) is 2.87. The Hall–Kier alpha value is -1.92. The van der Waals surface area contributed by atoms with Gasteiger partial charge in [0.25, 0.3) is 0 Å². The Labute approximate surface area is 161 Å². The standard InChI is InChI=1S/C22H31NO4/c24-16-20-14-19(10-11-21(20)25)22(26)15-23-12-6-1-2-7-13-27-17-18-8-4-3-5-9-18/h3-5,8-11,14,22-26H,1-2,6-7,12-13,15-17H2. The van der Waals surface area contributed by atoms with Crippen LogP contribution < -0.4 is 5.32 Å². The second-order valence-corrected chi connectivity index (χ2v) is 6.72. The van der Waals surface area contributed by atoms with Crippen LogP contribution in [0.2, 0.25) is 0 Å². The first-order valence-electron chi connectivity index (χ1n) is 9.64. The molecule has 5 heteroatoms. The summed E-state index contributed by atoms with van der Waals surface area (Å²) in [5.41, 5.74) is 2.33. The first kappa shape index (κ1) is 21.4. The fraction of sp³-hybridized carbons (Fsp3) is 0.455. The third kappa shape index (κ3) is 8.10. The van der Waals surface area contributed by atoms with E-state index in [1.807, 2.05) is 18.2 Å². The highest BCUT2D eigenvalue weighted by molar-refractivity contribution is 5.36. The van der Waals surface area contributed by atoms with Crippen LogP contribution in [-0.2, 0) is 18.0 Å². The van der Waals surface area contributed by atoms with Crippen LogP contribution in [0.1, 0.15) is 48.5 Å². The minimum absolute atomic E-state index is 0.0501. The molecule has 2 aromatic rings. The Morgan fingerprint density at radius 3 is 2.52 bits per heavy atom. The molecule has 2 aromatic carbocycles. The Kier molecular flexibility index (Phi) is 9.87. The van der Waals surface area contributed by atoms with Gasteiger partial charge in [-0.15, -0.1) is 0 Å². The number of aliphatic hydroxyl groups is 2. The Bertz CT molecular complexity index is 648. The monoisotopic (exact) mass is 373 g/mol. The number of phenols is 1. The van der Waals surface area contributed by atoms with Crippen LogP contribution in [0.3, 0.4) is 0 Å². The van der Waals surface area contributed by atoms with Crippen molar-refractivity contribution in [1.29, 1.82) is 0 Å². The Morgan fingerprint density at radius 1 is 0.963 bits per heavy atom. The molecule has 0 saturated carbocycles. The van der Waals surface area contributed by atoms with Crippen LogP contribution in [0.25, 0.3) is 0 Å². The summed E-state index contributed by atoms with van der Waals surface area (Å²) in [6.45, 7) is 2.53. The molecule has 0 aliphatic carbocycles. The number of benzene rings is 2. The van der Waals surface area contributed by atoms with Gasteiger partial charge in [-0.1, -0.05) is 49.2 Å². The number of aliphatic hydroxyl groups excluding tert-OH is 2. The quantitative estimate of drug-likeness (QED) is 0.405. The van der Waals surface area contributed by atoms with Gasteiger partial charge in [-0.2, -0.15) is 0 Å². The van der Waals surface area contributed by atoms with Crippen molar-refractivity contribution in [3.63, 3.8) is 0 Å². The molecule has 0 amide bonds. The Balaban J connectivity index is 1.47. The molecule has 0 aliphatic heterocycles. The van der Waals surface area contributed by atoms with E-state index in [0.29, 0.717) is 24.3 Å². The van der Waals surface area contributed by atoms with Crippen molar-refractivity contribution >= 4 is 0 Å². The molecule has 1 atom stereocenters. The topological polar surface area (TPSA) is 82.0 Å². The zero-order valence-electron chi connectivity index (χ0n) is 15.8. The minimum atomic E-state index is -0.651. The van der Waals surface area contributed by atoms with E-state index in [9.17, 15) is 10.2 Å². The molecule has 0 spiro atoms. The van der Waals surface area contributed by atoms with Crippen LogP contribution in [-0.4, -0.2) is 35.0 Å². The molecule has 0 aromatic heterocycles. The van der Waals surface area contributed by atoms with Gasteiger partial charge in [0.1, 0.15) is 5.75 Å². The van der Waals surface area contributed by atoms with E-state index in [1.54, 1.807) is 12.1 Å². The van der Waals surface area contributed by atoms with Gasteiger partial charge >= 0.3 is 0 Å². The number of rotatable bonds is 13. The average molecular weight is 373 g/mol. The minimum Gasteiger partial charge on any atom is -0.508 e. The predicted molar refractivity (Wildman–Crippen MR) is 106 cm³/mol. The number of nitrogens with one attached hydrogen (secondary N) is 1. The van der Waals surface area contributed by atoms with E-state index >= 15 is 0 Å². The molecule has 4 N–H and O–H groups in total. The fourth-order valence-corrected chi connectivity index (χ4v) is 2.87. The molecule has 2 rings (SSSR count). The average Bonchev–Trinajstić information content (AvgIpc) is 2.70. The molecule has 0 aliphatic rings. The smallest absolute Gasteiger partial charge is 0.121 e. The lowest BCUT2D eigenvalue weighted by Crippen LogP contribution is -2.22. The highest BCUT2D eigenvalue weighted by atomic mass is 16.5. The van der Waals surface area contributed by atoms with Gasteiger partial charge in [0.05, 0.1) is 19.3 Å². The zero-order valence-corrected chi connectivity index (χ0v) is 15.8. The summed E-state index contributed by atoms with van der Waals surface area (Å²) in [4.78, 5) is 0. The molecule has 5 nitrogen and oxygen atoms in total. The molecule has 0 radical (unpaired) electrons. The second kappa shape index (κ2) is 12.5. The maximum absolute atomic E-state index is 10.2.